The average molecular weight is 285 g/mol. The minimum absolute atomic E-state index is 0.0902. The predicted octanol–water partition coefficient (Wildman–Crippen LogP) is 3.52. The van der Waals surface area contributed by atoms with Crippen LogP contribution in [0.15, 0.2) is 18.3 Å². The van der Waals surface area contributed by atoms with E-state index in [9.17, 15) is 17.6 Å². The van der Waals surface area contributed by atoms with E-state index < -0.39 is 34.5 Å². The molecule has 0 saturated carbocycles. The topological polar surface area (TPSA) is 37.8 Å². The highest BCUT2D eigenvalue weighted by molar-refractivity contribution is 5.61. The summed E-state index contributed by atoms with van der Waals surface area (Å²) >= 11 is 0. The molecular formula is C13H11F4N3. The van der Waals surface area contributed by atoms with E-state index in [1.165, 1.54) is 0 Å². The largest absolute Gasteiger partial charge is 0.354 e. The van der Waals surface area contributed by atoms with Gasteiger partial charge in [0, 0.05) is 18.2 Å². The second-order valence-corrected chi connectivity index (χ2v) is 4.06. The van der Waals surface area contributed by atoms with Crippen molar-refractivity contribution in [3.8, 4) is 11.3 Å². The lowest BCUT2D eigenvalue weighted by Gasteiger charge is -2.08. The molecule has 106 valence electrons. The molecule has 1 aromatic heterocycles. The Labute approximate surface area is 112 Å². The zero-order valence-corrected chi connectivity index (χ0v) is 10.6. The van der Waals surface area contributed by atoms with Crippen molar-refractivity contribution >= 4 is 5.95 Å². The van der Waals surface area contributed by atoms with Crippen molar-refractivity contribution in [2.24, 2.45) is 0 Å². The van der Waals surface area contributed by atoms with Crippen molar-refractivity contribution in [1.82, 2.24) is 9.97 Å². The normalized spacial score (nSPS) is 10.7. The summed E-state index contributed by atoms with van der Waals surface area (Å²) in [6.45, 7) is 2.46. The van der Waals surface area contributed by atoms with E-state index in [2.05, 4.69) is 15.3 Å². The summed E-state index contributed by atoms with van der Waals surface area (Å²) in [6.07, 6.45) is 1.64. The molecule has 0 atom stereocenters. The lowest BCUT2D eigenvalue weighted by atomic mass is 10.1. The molecule has 0 spiro atoms. The molecule has 0 fully saturated rings. The molecule has 1 N–H and O–H groups in total. The van der Waals surface area contributed by atoms with Crippen LogP contribution in [-0.2, 0) is 0 Å². The molecular weight excluding hydrogens is 274 g/mol. The maximum Gasteiger partial charge on any atom is 0.223 e. The fraction of sp³-hybridized carbons (Fsp3) is 0.231. The Morgan fingerprint density at radius 2 is 1.70 bits per heavy atom. The van der Waals surface area contributed by atoms with Crippen LogP contribution in [0, 0.1) is 23.3 Å². The Balaban J connectivity index is 2.48. The fourth-order valence-corrected chi connectivity index (χ4v) is 1.58. The van der Waals surface area contributed by atoms with E-state index in [0.717, 1.165) is 12.6 Å². The van der Waals surface area contributed by atoms with Gasteiger partial charge in [-0.1, -0.05) is 6.92 Å². The van der Waals surface area contributed by atoms with Crippen LogP contribution in [0.5, 0.6) is 0 Å². The van der Waals surface area contributed by atoms with E-state index >= 15 is 0 Å². The second-order valence-electron chi connectivity index (χ2n) is 4.06. The maximum atomic E-state index is 13.7. The van der Waals surface area contributed by atoms with E-state index in [0.29, 0.717) is 18.7 Å². The Morgan fingerprint density at radius 3 is 2.40 bits per heavy atom. The molecule has 20 heavy (non-hydrogen) atoms. The lowest BCUT2D eigenvalue weighted by Crippen LogP contribution is -2.06. The molecule has 0 bridgehead atoms. The predicted molar refractivity (Wildman–Crippen MR) is 66.1 cm³/mol. The van der Waals surface area contributed by atoms with Gasteiger partial charge in [-0.15, -0.1) is 0 Å². The quantitative estimate of drug-likeness (QED) is 0.690. The van der Waals surface area contributed by atoms with Gasteiger partial charge in [0.25, 0.3) is 0 Å². The molecule has 3 nitrogen and oxygen atoms in total. The molecule has 1 aromatic carbocycles. The molecule has 0 saturated heterocycles. The van der Waals surface area contributed by atoms with Crippen molar-refractivity contribution in [3.63, 3.8) is 0 Å². The van der Waals surface area contributed by atoms with Gasteiger partial charge in [0.15, 0.2) is 17.5 Å². The van der Waals surface area contributed by atoms with Crippen LogP contribution in [0.1, 0.15) is 13.3 Å². The summed E-state index contributed by atoms with van der Waals surface area (Å²) in [7, 11) is 0. The first-order chi connectivity index (χ1) is 9.52. The number of halogens is 4. The van der Waals surface area contributed by atoms with Crippen LogP contribution in [0.25, 0.3) is 11.3 Å². The minimum Gasteiger partial charge on any atom is -0.354 e. The fourth-order valence-electron chi connectivity index (χ4n) is 1.58. The van der Waals surface area contributed by atoms with Gasteiger partial charge in [0.1, 0.15) is 11.5 Å². The first-order valence-electron chi connectivity index (χ1n) is 5.94. The first kappa shape index (κ1) is 14.2. The van der Waals surface area contributed by atoms with Crippen LogP contribution < -0.4 is 5.32 Å². The Bertz CT molecular complexity index is 631. The molecule has 1 heterocycles. The van der Waals surface area contributed by atoms with Gasteiger partial charge in [-0.2, -0.15) is 0 Å². The number of nitrogens with zero attached hydrogens (tertiary/aromatic N) is 2. The molecule has 0 unspecified atom stereocenters. The summed E-state index contributed by atoms with van der Waals surface area (Å²) in [5, 5.41) is 2.80. The number of hydrogen-bond acceptors (Lipinski definition) is 3. The Hall–Kier alpha value is -2.18. The first-order valence-corrected chi connectivity index (χ1v) is 5.94. The third kappa shape index (κ3) is 2.87. The van der Waals surface area contributed by atoms with Crippen LogP contribution in [-0.4, -0.2) is 16.5 Å². The van der Waals surface area contributed by atoms with Crippen molar-refractivity contribution in [3.05, 3.63) is 41.6 Å². The Morgan fingerprint density at radius 1 is 1.00 bits per heavy atom. The number of benzene rings is 1. The third-order valence-corrected chi connectivity index (χ3v) is 2.54. The zero-order valence-electron chi connectivity index (χ0n) is 10.6. The van der Waals surface area contributed by atoms with Gasteiger partial charge in [-0.25, -0.2) is 27.5 Å². The molecule has 0 radical (unpaired) electrons. The van der Waals surface area contributed by atoms with Gasteiger partial charge in [0.05, 0.1) is 6.20 Å². The molecule has 0 aliphatic heterocycles. The van der Waals surface area contributed by atoms with E-state index in [1.807, 2.05) is 6.92 Å². The third-order valence-electron chi connectivity index (χ3n) is 2.54. The number of hydrogen-bond donors (Lipinski definition) is 1. The molecule has 0 aliphatic carbocycles. The molecule has 2 aromatic rings. The minimum atomic E-state index is -1.34. The lowest BCUT2D eigenvalue weighted by molar-refractivity contribution is 0.495. The highest BCUT2D eigenvalue weighted by atomic mass is 19.2. The summed E-state index contributed by atoms with van der Waals surface area (Å²) in [6, 6.07) is 0.922. The zero-order chi connectivity index (χ0) is 14.7. The van der Waals surface area contributed by atoms with Crippen LogP contribution in [0.4, 0.5) is 23.5 Å². The smallest absolute Gasteiger partial charge is 0.223 e. The highest BCUT2D eigenvalue weighted by Crippen LogP contribution is 2.26. The van der Waals surface area contributed by atoms with Crippen molar-refractivity contribution in [1.29, 1.82) is 0 Å². The van der Waals surface area contributed by atoms with Gasteiger partial charge >= 0.3 is 0 Å². The van der Waals surface area contributed by atoms with Crippen LogP contribution in [0.2, 0.25) is 0 Å². The standard InChI is InChI=1S/C13H11F4N3/c1-2-3-18-13-19-6-11(17)12(20-13)7-4-9(15)10(16)5-8(7)14/h4-6H,2-3H2,1H3,(H,18,19,20). The highest BCUT2D eigenvalue weighted by Gasteiger charge is 2.17. The summed E-state index contributed by atoms with van der Waals surface area (Å²) < 4.78 is 53.3. The Kier molecular flexibility index (Phi) is 4.16. The van der Waals surface area contributed by atoms with Crippen LogP contribution in [0.3, 0.4) is 0 Å². The van der Waals surface area contributed by atoms with Gasteiger partial charge in [-0.3, -0.25) is 0 Å². The molecule has 0 aliphatic rings. The summed E-state index contributed by atoms with van der Waals surface area (Å²) in [5.74, 6) is -4.54. The van der Waals surface area contributed by atoms with Crippen molar-refractivity contribution < 1.29 is 17.6 Å². The number of rotatable bonds is 4. The van der Waals surface area contributed by atoms with E-state index in [1.54, 1.807) is 0 Å². The number of aromatic nitrogens is 2. The van der Waals surface area contributed by atoms with Crippen molar-refractivity contribution in [2.45, 2.75) is 13.3 Å². The second kappa shape index (κ2) is 5.85. The van der Waals surface area contributed by atoms with Gasteiger partial charge in [0.2, 0.25) is 5.95 Å². The van der Waals surface area contributed by atoms with E-state index in [-0.39, 0.29) is 5.95 Å². The van der Waals surface area contributed by atoms with Gasteiger partial charge < -0.3 is 5.32 Å². The summed E-state index contributed by atoms with van der Waals surface area (Å²) in [4.78, 5) is 7.47. The maximum absolute atomic E-state index is 13.7. The molecule has 0 amide bonds. The summed E-state index contributed by atoms with van der Waals surface area (Å²) in [5.41, 5.74) is -0.877. The monoisotopic (exact) mass is 285 g/mol. The number of anilines is 1. The SMILES string of the molecule is CCCNc1ncc(F)c(-c2cc(F)c(F)cc2F)n1. The molecule has 2 rings (SSSR count). The molecule has 7 heteroatoms. The number of nitrogens with one attached hydrogen (secondary N) is 1. The van der Waals surface area contributed by atoms with Crippen molar-refractivity contribution in [2.75, 3.05) is 11.9 Å². The van der Waals surface area contributed by atoms with E-state index in [4.69, 9.17) is 0 Å². The van der Waals surface area contributed by atoms with Gasteiger partial charge in [-0.05, 0) is 12.5 Å². The van der Waals surface area contributed by atoms with Crippen LogP contribution >= 0.6 is 0 Å². The average Bonchev–Trinajstić information content (AvgIpc) is 2.42.